The molecule has 1 heterocycles. The van der Waals surface area contributed by atoms with Crippen LogP contribution in [-0.2, 0) is 12.8 Å². The van der Waals surface area contributed by atoms with Crippen LogP contribution in [0.3, 0.4) is 0 Å². The van der Waals surface area contributed by atoms with E-state index in [-0.39, 0.29) is 0 Å². The van der Waals surface area contributed by atoms with Gasteiger partial charge in [0.1, 0.15) is 0 Å². The average Bonchev–Trinajstić information content (AvgIpc) is 2.84. The number of rotatable bonds is 15. The van der Waals surface area contributed by atoms with Crippen molar-refractivity contribution in [3.63, 3.8) is 0 Å². The Kier molecular flexibility index (Phi) is 17.1. The zero-order valence-corrected chi connectivity index (χ0v) is 25.3. The normalized spacial score (nSPS) is 15.2. The molecule has 0 aromatic heterocycles. The summed E-state index contributed by atoms with van der Waals surface area (Å²) in [7, 11) is 0. The van der Waals surface area contributed by atoms with E-state index in [2.05, 4.69) is 83.9 Å². The molecule has 206 valence electrons. The molecule has 1 saturated heterocycles. The maximum absolute atomic E-state index is 4.14. The summed E-state index contributed by atoms with van der Waals surface area (Å²) in [6.07, 6.45) is 20.4. The second kappa shape index (κ2) is 18.8. The number of aryl methyl sites for hydroxylation is 3. The van der Waals surface area contributed by atoms with Crippen LogP contribution < -0.4 is 0 Å². The van der Waals surface area contributed by atoms with E-state index >= 15 is 0 Å². The van der Waals surface area contributed by atoms with Gasteiger partial charge < -0.3 is 4.90 Å². The molecule has 36 heavy (non-hydrogen) atoms. The Hall–Kier alpha value is -1.34. The zero-order valence-electron chi connectivity index (χ0n) is 25.3. The molecule has 0 amide bonds. The molecule has 1 unspecified atom stereocenters. The van der Waals surface area contributed by atoms with Gasteiger partial charge in [-0.2, -0.15) is 0 Å². The Balaban J connectivity index is 0.000000426. The van der Waals surface area contributed by atoms with E-state index in [1.165, 1.54) is 132 Å². The predicted molar refractivity (Wildman–Crippen MR) is 164 cm³/mol. The highest BCUT2D eigenvalue weighted by atomic mass is 15.1. The quantitative estimate of drug-likeness (QED) is 0.173. The summed E-state index contributed by atoms with van der Waals surface area (Å²) in [5, 5.41) is 0. The second-order valence-electron chi connectivity index (χ2n) is 12.7. The largest absolute Gasteiger partial charge is 0.303 e. The van der Waals surface area contributed by atoms with Gasteiger partial charge in [0.2, 0.25) is 0 Å². The third-order valence-electron chi connectivity index (χ3n) is 7.49. The van der Waals surface area contributed by atoms with Gasteiger partial charge in [-0.05, 0) is 119 Å². The first-order chi connectivity index (χ1) is 17.1. The number of hydrogen-bond acceptors (Lipinski definition) is 1. The van der Waals surface area contributed by atoms with Crippen molar-refractivity contribution in [2.45, 2.75) is 131 Å². The highest BCUT2D eigenvalue weighted by Crippen LogP contribution is 2.26. The molecule has 0 aliphatic carbocycles. The van der Waals surface area contributed by atoms with Crippen LogP contribution in [-0.4, -0.2) is 24.5 Å². The van der Waals surface area contributed by atoms with E-state index in [1.54, 1.807) is 0 Å². The predicted octanol–water partition coefficient (Wildman–Crippen LogP) is 10.5. The highest BCUT2D eigenvalue weighted by Gasteiger charge is 2.11. The third kappa shape index (κ3) is 16.4. The Morgan fingerprint density at radius 1 is 1.00 bits per heavy atom. The minimum Gasteiger partial charge on any atom is -0.303 e. The molecule has 0 radical (unpaired) electrons. The fourth-order valence-corrected chi connectivity index (χ4v) is 5.14. The molecule has 1 fully saturated rings. The molecule has 0 spiro atoms. The maximum Gasteiger partial charge on any atom is -0.00186 e. The fraction of sp³-hybridized carbons (Fsp3) is 0.714. The lowest BCUT2D eigenvalue weighted by Gasteiger charge is -2.26. The number of allylic oxidation sites excluding steroid dienone is 2. The van der Waals surface area contributed by atoms with Crippen molar-refractivity contribution in [3.05, 3.63) is 59.7 Å². The number of unbranched alkanes of at least 4 members (excludes halogenated alkanes) is 4. The minimum absolute atomic E-state index is 0.418. The number of piperidine rings is 1. The van der Waals surface area contributed by atoms with Crippen molar-refractivity contribution in [1.82, 2.24) is 4.90 Å². The second-order valence-corrected chi connectivity index (χ2v) is 12.7. The number of hydrogen-bond donors (Lipinski definition) is 0. The lowest BCUT2D eigenvalue weighted by Crippen LogP contribution is -2.30. The van der Waals surface area contributed by atoms with E-state index in [4.69, 9.17) is 0 Å². The summed E-state index contributed by atoms with van der Waals surface area (Å²) in [6.45, 7) is 25.6. The van der Waals surface area contributed by atoms with Gasteiger partial charge in [0, 0.05) is 0 Å². The first-order valence-electron chi connectivity index (χ1n) is 15.2. The van der Waals surface area contributed by atoms with E-state index in [1.807, 2.05) is 0 Å². The molecule has 1 nitrogen and oxygen atoms in total. The minimum atomic E-state index is 0.418. The summed E-state index contributed by atoms with van der Waals surface area (Å²) >= 11 is 0. The van der Waals surface area contributed by atoms with Crippen LogP contribution in [0.15, 0.2) is 43.0 Å². The molecular weight excluding hydrogens is 434 g/mol. The van der Waals surface area contributed by atoms with Crippen molar-refractivity contribution in [2.24, 2.45) is 11.3 Å². The Morgan fingerprint density at radius 3 is 2.36 bits per heavy atom. The smallest absolute Gasteiger partial charge is 0.00186 e. The van der Waals surface area contributed by atoms with Gasteiger partial charge in [-0.3, -0.25) is 0 Å². The van der Waals surface area contributed by atoms with Gasteiger partial charge in [-0.1, -0.05) is 96.7 Å². The molecule has 1 heteroatoms. The molecular formula is C35H61N. The molecule has 0 saturated carbocycles. The number of nitrogens with zero attached hydrogens (tertiary/aromatic N) is 1. The van der Waals surface area contributed by atoms with E-state index < -0.39 is 0 Å². The molecule has 0 bridgehead atoms. The lowest BCUT2D eigenvalue weighted by molar-refractivity contribution is 0.225. The van der Waals surface area contributed by atoms with Crippen LogP contribution >= 0.6 is 0 Å². The Morgan fingerprint density at radius 2 is 1.72 bits per heavy atom. The van der Waals surface area contributed by atoms with Gasteiger partial charge in [-0.15, -0.1) is 6.58 Å². The van der Waals surface area contributed by atoms with Crippen LogP contribution in [0.4, 0.5) is 0 Å². The summed E-state index contributed by atoms with van der Waals surface area (Å²) in [5.41, 5.74) is 6.35. The standard InChI is InChI=1S/C22H35N.C13H26/c1-4-19(2)11-14-22-18-21(13-12-20(22)3)10-6-9-17-23-15-7-5-8-16-23;1-6-7-8-9-10-12(2)11-13(3,4)5/h4,12-13,18-19H,1,5-11,14-17H2,2-3H3;2,6-11H2,1,3-5H3. The molecule has 2 rings (SSSR count). The summed E-state index contributed by atoms with van der Waals surface area (Å²) in [4.78, 5) is 2.65. The molecule has 0 N–H and O–H groups in total. The van der Waals surface area contributed by atoms with Crippen molar-refractivity contribution in [2.75, 3.05) is 19.6 Å². The van der Waals surface area contributed by atoms with Crippen LogP contribution in [0.1, 0.15) is 128 Å². The van der Waals surface area contributed by atoms with E-state index in [0.717, 1.165) is 0 Å². The SMILES string of the molecule is C=C(CCCCCC)CC(C)(C)C.C=CC(C)CCc1cc(CCCCN2CCCCC2)ccc1C. The monoisotopic (exact) mass is 495 g/mol. The fourth-order valence-electron chi connectivity index (χ4n) is 5.14. The summed E-state index contributed by atoms with van der Waals surface area (Å²) < 4.78 is 0. The molecule has 1 aromatic carbocycles. The van der Waals surface area contributed by atoms with Gasteiger partial charge in [-0.25, -0.2) is 0 Å². The molecule has 1 aliphatic rings. The third-order valence-corrected chi connectivity index (χ3v) is 7.49. The van der Waals surface area contributed by atoms with Crippen molar-refractivity contribution >= 4 is 0 Å². The zero-order chi connectivity index (χ0) is 26.8. The van der Waals surface area contributed by atoms with Crippen LogP contribution in [0.25, 0.3) is 0 Å². The van der Waals surface area contributed by atoms with Gasteiger partial charge >= 0.3 is 0 Å². The molecule has 1 aromatic rings. The molecule has 1 atom stereocenters. The van der Waals surface area contributed by atoms with Crippen molar-refractivity contribution < 1.29 is 0 Å². The summed E-state index contributed by atoms with van der Waals surface area (Å²) in [5.74, 6) is 0.614. The molecule has 1 aliphatic heterocycles. The van der Waals surface area contributed by atoms with Gasteiger partial charge in [0.05, 0.1) is 0 Å². The van der Waals surface area contributed by atoms with Gasteiger partial charge in [0.25, 0.3) is 0 Å². The number of likely N-dealkylation sites (tertiary alicyclic amines) is 1. The lowest BCUT2D eigenvalue weighted by atomic mass is 9.87. The Labute approximate surface area is 226 Å². The van der Waals surface area contributed by atoms with E-state index in [0.29, 0.717) is 11.3 Å². The first-order valence-corrected chi connectivity index (χ1v) is 15.2. The van der Waals surface area contributed by atoms with Gasteiger partial charge in [0.15, 0.2) is 0 Å². The van der Waals surface area contributed by atoms with Crippen LogP contribution in [0.5, 0.6) is 0 Å². The van der Waals surface area contributed by atoms with Crippen LogP contribution in [0.2, 0.25) is 0 Å². The number of benzene rings is 1. The highest BCUT2D eigenvalue weighted by molar-refractivity contribution is 5.31. The average molecular weight is 496 g/mol. The Bertz CT molecular complexity index is 717. The van der Waals surface area contributed by atoms with E-state index in [9.17, 15) is 0 Å². The maximum atomic E-state index is 4.14. The summed E-state index contributed by atoms with van der Waals surface area (Å²) in [6, 6.07) is 7.09. The topological polar surface area (TPSA) is 3.24 Å². The van der Waals surface area contributed by atoms with Crippen molar-refractivity contribution in [1.29, 1.82) is 0 Å². The van der Waals surface area contributed by atoms with Crippen LogP contribution in [0, 0.1) is 18.3 Å². The van der Waals surface area contributed by atoms with Crippen molar-refractivity contribution in [3.8, 4) is 0 Å². The first kappa shape index (κ1) is 32.7.